The van der Waals surface area contributed by atoms with Gasteiger partial charge in [-0.25, -0.2) is 0 Å². The van der Waals surface area contributed by atoms with E-state index in [-0.39, 0.29) is 0 Å². The molecule has 0 saturated carbocycles. The minimum Gasteiger partial charge on any atom is -0.494 e. The molecule has 0 aromatic heterocycles. The number of ether oxygens (including phenoxy) is 1. The Hall–Kier alpha value is 0.330. The third-order valence-corrected chi connectivity index (χ3v) is 4.43. The van der Waals surface area contributed by atoms with E-state index in [2.05, 4.69) is 44.8 Å². The first-order chi connectivity index (χ1) is 7.77. The Morgan fingerprint density at radius 3 is 2.88 bits per heavy atom. The van der Waals surface area contributed by atoms with Crippen LogP contribution in [-0.4, -0.2) is 18.1 Å². The minimum absolute atomic E-state index is 0.802. The van der Waals surface area contributed by atoms with Crippen molar-refractivity contribution in [3.8, 4) is 5.75 Å². The van der Waals surface area contributed by atoms with E-state index in [4.69, 9.17) is 4.74 Å². The van der Waals surface area contributed by atoms with Gasteiger partial charge >= 0.3 is 0 Å². The maximum atomic E-state index is 5.70. The van der Waals surface area contributed by atoms with Gasteiger partial charge in [-0.1, -0.05) is 38.8 Å². The molecule has 0 bridgehead atoms. The van der Waals surface area contributed by atoms with Gasteiger partial charge < -0.3 is 4.74 Å². The van der Waals surface area contributed by atoms with Gasteiger partial charge in [0.15, 0.2) is 0 Å². The molecule has 0 fully saturated rings. The van der Waals surface area contributed by atoms with Crippen LogP contribution >= 0.6 is 43.6 Å². The van der Waals surface area contributed by atoms with E-state index in [1.807, 2.05) is 23.9 Å². The first kappa shape index (κ1) is 14.4. The molecule has 0 heterocycles. The van der Waals surface area contributed by atoms with Crippen molar-refractivity contribution in [2.45, 2.75) is 18.7 Å². The third-order valence-electron chi connectivity index (χ3n) is 2.07. The lowest BCUT2D eigenvalue weighted by atomic mass is 10.2. The number of rotatable bonds is 7. The highest BCUT2D eigenvalue weighted by Gasteiger charge is 2.01. The van der Waals surface area contributed by atoms with Crippen LogP contribution in [0.2, 0.25) is 0 Å². The topological polar surface area (TPSA) is 9.23 Å². The zero-order valence-corrected chi connectivity index (χ0v) is 13.3. The molecule has 0 radical (unpaired) electrons. The van der Waals surface area contributed by atoms with E-state index >= 15 is 0 Å². The van der Waals surface area contributed by atoms with Crippen molar-refractivity contribution in [3.05, 3.63) is 28.2 Å². The Bertz CT molecular complexity index is 318. The summed E-state index contributed by atoms with van der Waals surface area (Å²) in [7, 11) is 0. The van der Waals surface area contributed by atoms with Crippen LogP contribution in [0.5, 0.6) is 5.75 Å². The molecule has 0 aliphatic rings. The molecular formula is C12H16Br2OS. The maximum Gasteiger partial charge on any atom is 0.119 e. The van der Waals surface area contributed by atoms with Crippen LogP contribution in [0, 0.1) is 0 Å². The number of benzene rings is 1. The van der Waals surface area contributed by atoms with Crippen LogP contribution in [0.4, 0.5) is 0 Å². The predicted octanol–water partition coefficient (Wildman–Crippen LogP) is 4.87. The van der Waals surface area contributed by atoms with Gasteiger partial charge in [0, 0.05) is 9.80 Å². The highest BCUT2D eigenvalue weighted by atomic mass is 79.9. The average molecular weight is 368 g/mol. The van der Waals surface area contributed by atoms with Crippen LogP contribution in [0.25, 0.3) is 0 Å². The Balaban J connectivity index is 2.36. The van der Waals surface area contributed by atoms with Gasteiger partial charge in [-0.05, 0) is 41.7 Å². The molecular weight excluding hydrogens is 352 g/mol. The first-order valence-electron chi connectivity index (χ1n) is 5.33. The summed E-state index contributed by atoms with van der Waals surface area (Å²) in [6.45, 7) is 2.98. The van der Waals surface area contributed by atoms with Gasteiger partial charge in [-0.15, -0.1) is 0 Å². The summed E-state index contributed by atoms with van der Waals surface area (Å²) in [6.07, 6.45) is 1.11. The van der Waals surface area contributed by atoms with E-state index < -0.39 is 0 Å². The second-order valence-electron chi connectivity index (χ2n) is 3.29. The largest absolute Gasteiger partial charge is 0.494 e. The summed E-state index contributed by atoms with van der Waals surface area (Å²) in [6, 6.07) is 6.11. The fraction of sp³-hybridized carbons (Fsp3) is 0.500. The molecule has 1 aromatic rings. The summed E-state index contributed by atoms with van der Waals surface area (Å²) in [5, 5.41) is 0.844. The molecule has 16 heavy (non-hydrogen) atoms. The molecule has 1 aromatic carbocycles. The first-order valence-corrected chi connectivity index (χ1v) is 8.39. The second-order valence-corrected chi connectivity index (χ2v) is 6.09. The fourth-order valence-electron chi connectivity index (χ4n) is 1.24. The highest BCUT2D eigenvalue weighted by molar-refractivity contribution is 9.10. The van der Waals surface area contributed by atoms with Crippen molar-refractivity contribution in [2.75, 3.05) is 18.1 Å². The molecule has 1 rings (SSSR count). The van der Waals surface area contributed by atoms with E-state index in [0.29, 0.717) is 0 Å². The van der Waals surface area contributed by atoms with E-state index in [1.165, 1.54) is 17.1 Å². The summed E-state index contributed by atoms with van der Waals surface area (Å²) in [5.74, 6) is 3.32. The van der Waals surface area contributed by atoms with Gasteiger partial charge in [0.2, 0.25) is 0 Å². The molecule has 0 unspecified atom stereocenters. The highest BCUT2D eigenvalue weighted by Crippen LogP contribution is 2.24. The number of hydrogen-bond donors (Lipinski definition) is 0. The molecule has 0 spiro atoms. The van der Waals surface area contributed by atoms with E-state index in [0.717, 1.165) is 28.6 Å². The van der Waals surface area contributed by atoms with Crippen LogP contribution in [-0.2, 0) is 5.33 Å². The smallest absolute Gasteiger partial charge is 0.119 e. The van der Waals surface area contributed by atoms with Gasteiger partial charge in [-0.2, -0.15) is 11.8 Å². The Morgan fingerprint density at radius 2 is 2.19 bits per heavy atom. The van der Waals surface area contributed by atoms with Gasteiger partial charge in [-0.3, -0.25) is 0 Å². The Kier molecular flexibility index (Phi) is 7.58. The van der Waals surface area contributed by atoms with Crippen LogP contribution < -0.4 is 4.74 Å². The standard InChI is InChI=1S/C12H16Br2OS/c1-2-16-7-3-6-15-11-4-5-12(14)10(8-11)9-13/h4-5,8H,2-3,6-7,9H2,1H3. The number of alkyl halides is 1. The van der Waals surface area contributed by atoms with Gasteiger partial charge in [0.1, 0.15) is 5.75 Å². The monoisotopic (exact) mass is 366 g/mol. The molecule has 1 nitrogen and oxygen atoms in total. The Labute approximate surface area is 119 Å². The van der Waals surface area contributed by atoms with Crippen molar-refractivity contribution in [2.24, 2.45) is 0 Å². The fourth-order valence-corrected chi connectivity index (χ4v) is 3.08. The SMILES string of the molecule is CCSCCCOc1ccc(Br)c(CBr)c1. The average Bonchev–Trinajstić information content (AvgIpc) is 2.31. The van der Waals surface area contributed by atoms with E-state index in [9.17, 15) is 0 Å². The summed E-state index contributed by atoms with van der Waals surface area (Å²) >= 11 is 8.92. The van der Waals surface area contributed by atoms with E-state index in [1.54, 1.807) is 0 Å². The number of hydrogen-bond acceptors (Lipinski definition) is 2. The van der Waals surface area contributed by atoms with Crippen LogP contribution in [0.3, 0.4) is 0 Å². The number of halogens is 2. The summed E-state index contributed by atoms with van der Waals surface area (Å²) < 4.78 is 6.82. The van der Waals surface area contributed by atoms with Crippen molar-refractivity contribution in [1.82, 2.24) is 0 Å². The summed E-state index contributed by atoms with van der Waals surface area (Å²) in [5.41, 5.74) is 1.22. The lowest BCUT2D eigenvalue weighted by molar-refractivity contribution is 0.318. The lowest BCUT2D eigenvalue weighted by Gasteiger charge is -2.08. The lowest BCUT2D eigenvalue weighted by Crippen LogP contribution is -1.99. The van der Waals surface area contributed by atoms with Gasteiger partial charge in [0.05, 0.1) is 6.61 Å². The molecule has 90 valence electrons. The molecule has 0 saturated heterocycles. The molecule has 0 amide bonds. The zero-order chi connectivity index (χ0) is 11.8. The molecule has 0 atom stereocenters. The van der Waals surface area contributed by atoms with Crippen LogP contribution in [0.1, 0.15) is 18.9 Å². The van der Waals surface area contributed by atoms with Crippen molar-refractivity contribution < 1.29 is 4.74 Å². The van der Waals surface area contributed by atoms with Gasteiger partial charge in [0.25, 0.3) is 0 Å². The molecule has 0 aliphatic carbocycles. The number of thioether (sulfide) groups is 1. The maximum absolute atomic E-state index is 5.70. The Morgan fingerprint density at radius 1 is 1.38 bits per heavy atom. The minimum atomic E-state index is 0.802. The third kappa shape index (κ3) is 5.11. The zero-order valence-electron chi connectivity index (χ0n) is 9.34. The summed E-state index contributed by atoms with van der Waals surface area (Å²) in [4.78, 5) is 0. The second kappa shape index (κ2) is 8.43. The molecule has 0 aliphatic heterocycles. The predicted molar refractivity (Wildman–Crippen MR) is 79.9 cm³/mol. The van der Waals surface area contributed by atoms with Crippen molar-refractivity contribution >= 4 is 43.6 Å². The quantitative estimate of drug-likeness (QED) is 0.502. The molecule has 4 heteroatoms. The van der Waals surface area contributed by atoms with Crippen LogP contribution in [0.15, 0.2) is 22.7 Å². The normalized spacial score (nSPS) is 10.4. The molecule has 0 N–H and O–H groups in total. The van der Waals surface area contributed by atoms with Crippen molar-refractivity contribution in [1.29, 1.82) is 0 Å². The van der Waals surface area contributed by atoms with Crippen molar-refractivity contribution in [3.63, 3.8) is 0 Å².